The van der Waals surface area contributed by atoms with Crippen LogP contribution >= 0.6 is 11.3 Å². The quantitative estimate of drug-likeness (QED) is 0.738. The van der Waals surface area contributed by atoms with Gasteiger partial charge in [0.05, 0.1) is 15.9 Å². The molecule has 1 fully saturated rings. The molecular formula is C18H14FN3O3S. The van der Waals surface area contributed by atoms with E-state index in [0.717, 1.165) is 0 Å². The molecule has 4 rings (SSSR count). The Morgan fingerprint density at radius 3 is 2.81 bits per heavy atom. The van der Waals surface area contributed by atoms with Gasteiger partial charge in [0.2, 0.25) is 5.91 Å². The van der Waals surface area contributed by atoms with Crippen LogP contribution in [0.1, 0.15) is 22.0 Å². The normalized spacial score (nSPS) is 22.5. The minimum Gasteiger partial charge on any atom is -0.485 e. The molecule has 1 saturated heterocycles. The Bertz CT molecular complexity index is 1040. The van der Waals surface area contributed by atoms with Crippen molar-refractivity contribution in [3.05, 3.63) is 59.4 Å². The molecule has 1 aromatic carbocycles. The van der Waals surface area contributed by atoms with Crippen molar-refractivity contribution in [2.75, 3.05) is 0 Å². The summed E-state index contributed by atoms with van der Waals surface area (Å²) in [6, 6.07) is 6.87. The van der Waals surface area contributed by atoms with E-state index < -0.39 is 24.3 Å². The lowest BCUT2D eigenvalue weighted by atomic mass is 10.0. The number of aliphatic hydroxyl groups excluding tert-OH is 1. The van der Waals surface area contributed by atoms with Gasteiger partial charge in [-0.1, -0.05) is 24.8 Å². The van der Waals surface area contributed by atoms with Crippen LogP contribution in [-0.4, -0.2) is 33.3 Å². The number of amides is 1. The van der Waals surface area contributed by atoms with Gasteiger partial charge in [0.25, 0.3) is 0 Å². The molecule has 0 bridgehead atoms. The number of primary amides is 1. The summed E-state index contributed by atoms with van der Waals surface area (Å²) in [6.07, 6.45) is -2.64. The maximum atomic E-state index is 14.4. The Hall–Kier alpha value is -2.84. The number of rotatable bonds is 3. The van der Waals surface area contributed by atoms with Crippen molar-refractivity contribution in [3.63, 3.8) is 0 Å². The first-order valence-corrected chi connectivity index (χ1v) is 8.66. The van der Waals surface area contributed by atoms with E-state index in [9.17, 15) is 14.3 Å². The predicted octanol–water partition coefficient (Wildman–Crippen LogP) is 2.74. The van der Waals surface area contributed by atoms with Gasteiger partial charge in [-0.15, -0.1) is 11.3 Å². The second kappa shape index (κ2) is 6.15. The number of halogens is 1. The van der Waals surface area contributed by atoms with Gasteiger partial charge in [-0.25, -0.2) is 14.4 Å². The van der Waals surface area contributed by atoms with Gasteiger partial charge in [-0.3, -0.25) is 4.79 Å². The zero-order valence-electron chi connectivity index (χ0n) is 13.4. The number of carbonyl (C=O) groups excluding carboxylic acids is 1. The van der Waals surface area contributed by atoms with E-state index in [4.69, 9.17) is 10.5 Å². The number of ether oxygens (including phenoxy) is 1. The molecule has 1 aliphatic rings. The molecule has 0 spiro atoms. The third kappa shape index (κ3) is 2.46. The largest absolute Gasteiger partial charge is 0.485 e. The highest BCUT2D eigenvalue weighted by Crippen LogP contribution is 2.43. The molecule has 3 N–H and O–H groups in total. The van der Waals surface area contributed by atoms with Crippen molar-refractivity contribution < 1.29 is 19.0 Å². The van der Waals surface area contributed by atoms with Crippen LogP contribution in [0.2, 0.25) is 0 Å². The standard InChI is InChI=1S/C18H14FN3O3S/c1-8-15(23)12(19)16(25-8)11-6-26-17-13(21-7-22-14(11)17)9-4-2-3-5-10(9)18(20)24/h2-7,12,15-16,23H,1H2,(H2,20,24)/t12-,15-,16+/m1/s1. The van der Waals surface area contributed by atoms with E-state index in [1.165, 1.54) is 17.7 Å². The number of fused-ring (bicyclic) bond motifs is 1. The highest BCUT2D eigenvalue weighted by molar-refractivity contribution is 7.17. The van der Waals surface area contributed by atoms with Crippen molar-refractivity contribution in [2.45, 2.75) is 18.4 Å². The van der Waals surface area contributed by atoms with E-state index in [1.54, 1.807) is 29.6 Å². The molecule has 1 aliphatic heterocycles. The lowest BCUT2D eigenvalue weighted by molar-refractivity contribution is 0.0908. The number of nitrogens with two attached hydrogens (primary N) is 1. The summed E-state index contributed by atoms with van der Waals surface area (Å²) in [5.41, 5.74) is 7.93. The number of hydrogen-bond acceptors (Lipinski definition) is 6. The maximum Gasteiger partial charge on any atom is 0.249 e. The van der Waals surface area contributed by atoms with Crippen molar-refractivity contribution in [3.8, 4) is 11.3 Å². The topological polar surface area (TPSA) is 98.3 Å². The van der Waals surface area contributed by atoms with Crippen LogP contribution in [0.3, 0.4) is 0 Å². The fraction of sp³-hybridized carbons (Fsp3) is 0.167. The minimum absolute atomic E-state index is 0.00444. The molecule has 3 atom stereocenters. The molecule has 6 nitrogen and oxygen atoms in total. The average Bonchev–Trinajstić information content (AvgIpc) is 3.18. The van der Waals surface area contributed by atoms with E-state index >= 15 is 0 Å². The summed E-state index contributed by atoms with van der Waals surface area (Å²) in [6.45, 7) is 3.53. The number of alkyl halides is 1. The highest BCUT2D eigenvalue weighted by Gasteiger charge is 2.42. The number of carbonyl (C=O) groups is 1. The number of hydrogen-bond donors (Lipinski definition) is 2. The zero-order valence-corrected chi connectivity index (χ0v) is 14.2. The second-order valence-corrected chi connectivity index (χ2v) is 6.77. The van der Waals surface area contributed by atoms with Crippen LogP contribution in [0.15, 0.2) is 48.3 Å². The molecule has 0 unspecified atom stereocenters. The fourth-order valence-electron chi connectivity index (χ4n) is 3.04. The van der Waals surface area contributed by atoms with Gasteiger partial charge in [-0.2, -0.15) is 0 Å². The Morgan fingerprint density at radius 2 is 2.12 bits per heavy atom. The van der Waals surface area contributed by atoms with E-state index in [2.05, 4.69) is 16.5 Å². The van der Waals surface area contributed by atoms with Crippen molar-refractivity contribution >= 4 is 27.5 Å². The summed E-state index contributed by atoms with van der Waals surface area (Å²) in [5, 5.41) is 11.5. The van der Waals surface area contributed by atoms with Crippen LogP contribution in [0.4, 0.5) is 4.39 Å². The van der Waals surface area contributed by atoms with Gasteiger partial charge in [-0.05, 0) is 6.07 Å². The molecule has 0 radical (unpaired) electrons. The van der Waals surface area contributed by atoms with Crippen LogP contribution in [0.25, 0.3) is 21.5 Å². The third-order valence-electron chi connectivity index (χ3n) is 4.33. The Morgan fingerprint density at radius 1 is 1.35 bits per heavy atom. The smallest absolute Gasteiger partial charge is 0.249 e. The number of thiophene rings is 1. The Kier molecular flexibility index (Phi) is 3.93. The molecule has 3 aromatic rings. The third-order valence-corrected chi connectivity index (χ3v) is 5.33. The first-order chi connectivity index (χ1) is 12.5. The number of aliphatic hydroxyl groups is 1. The lowest BCUT2D eigenvalue weighted by Gasteiger charge is -2.12. The van der Waals surface area contributed by atoms with E-state index in [1.807, 2.05) is 0 Å². The SMILES string of the molecule is C=C1O[C@@H](c2csc3c(-c4ccccc4C(N)=O)ncnc23)[C@H](F)[C@@H]1O. The van der Waals surface area contributed by atoms with E-state index in [0.29, 0.717) is 32.6 Å². The average molecular weight is 371 g/mol. The minimum atomic E-state index is -1.63. The molecule has 0 aliphatic carbocycles. The van der Waals surface area contributed by atoms with Crippen LogP contribution in [-0.2, 0) is 4.74 Å². The van der Waals surface area contributed by atoms with Gasteiger partial charge in [0, 0.05) is 22.1 Å². The first kappa shape index (κ1) is 16.6. The molecule has 1 amide bonds. The summed E-state index contributed by atoms with van der Waals surface area (Å²) in [4.78, 5) is 20.3. The molecule has 2 aromatic heterocycles. The highest BCUT2D eigenvalue weighted by atomic mass is 32.1. The Balaban J connectivity index is 1.88. The molecule has 26 heavy (non-hydrogen) atoms. The maximum absolute atomic E-state index is 14.4. The summed E-state index contributed by atoms with van der Waals surface area (Å²) in [5.74, 6) is -0.568. The van der Waals surface area contributed by atoms with Gasteiger partial charge in [0.1, 0.15) is 18.2 Å². The van der Waals surface area contributed by atoms with Crippen LogP contribution < -0.4 is 5.73 Å². The predicted molar refractivity (Wildman–Crippen MR) is 95.2 cm³/mol. The van der Waals surface area contributed by atoms with Crippen molar-refractivity contribution in [1.29, 1.82) is 0 Å². The van der Waals surface area contributed by atoms with Crippen molar-refractivity contribution in [2.24, 2.45) is 5.73 Å². The Labute approximate surface area is 151 Å². The molecular weight excluding hydrogens is 357 g/mol. The first-order valence-electron chi connectivity index (χ1n) is 7.78. The second-order valence-electron chi connectivity index (χ2n) is 5.89. The summed E-state index contributed by atoms with van der Waals surface area (Å²) >= 11 is 1.31. The van der Waals surface area contributed by atoms with Gasteiger partial charge < -0.3 is 15.6 Å². The molecule has 3 heterocycles. The van der Waals surface area contributed by atoms with Gasteiger partial charge in [0.15, 0.2) is 12.3 Å². The lowest BCUT2D eigenvalue weighted by Crippen LogP contribution is -2.19. The zero-order chi connectivity index (χ0) is 18.4. The molecule has 132 valence electrons. The summed E-state index contributed by atoms with van der Waals surface area (Å²) in [7, 11) is 0. The number of aromatic nitrogens is 2. The van der Waals surface area contributed by atoms with Crippen LogP contribution in [0.5, 0.6) is 0 Å². The number of benzene rings is 1. The number of nitrogens with zero attached hydrogens (tertiary/aromatic N) is 2. The van der Waals surface area contributed by atoms with Crippen molar-refractivity contribution in [1.82, 2.24) is 9.97 Å². The summed E-state index contributed by atoms with van der Waals surface area (Å²) < 4.78 is 20.5. The fourth-order valence-corrected chi connectivity index (χ4v) is 4.09. The molecule has 0 saturated carbocycles. The van der Waals surface area contributed by atoms with Crippen LogP contribution in [0, 0.1) is 0 Å². The monoisotopic (exact) mass is 371 g/mol. The van der Waals surface area contributed by atoms with E-state index in [-0.39, 0.29) is 5.76 Å². The molecule has 8 heteroatoms. The van der Waals surface area contributed by atoms with Gasteiger partial charge >= 0.3 is 0 Å².